The van der Waals surface area contributed by atoms with Gasteiger partial charge >= 0.3 is 0 Å². The number of nitrogens with zero attached hydrogens (tertiary/aromatic N) is 1. The van der Waals surface area contributed by atoms with Crippen molar-refractivity contribution in [3.63, 3.8) is 0 Å². The fourth-order valence-corrected chi connectivity index (χ4v) is 2.04. The lowest BCUT2D eigenvalue weighted by atomic mass is 10.1. The highest BCUT2D eigenvalue weighted by molar-refractivity contribution is 5.61. The largest absolute Gasteiger partial charge is 0.497 e. The van der Waals surface area contributed by atoms with E-state index < -0.39 is 0 Å². The highest BCUT2D eigenvalue weighted by Crippen LogP contribution is 2.20. The van der Waals surface area contributed by atoms with Gasteiger partial charge in [0.15, 0.2) is 0 Å². The molecule has 0 bridgehead atoms. The predicted octanol–water partition coefficient (Wildman–Crippen LogP) is 3.46. The number of hydrogen-bond acceptors (Lipinski definition) is 2. The topological polar surface area (TPSA) is 12.5 Å². The van der Waals surface area contributed by atoms with Gasteiger partial charge in [-0.25, -0.2) is 0 Å². The molecule has 1 aromatic rings. The van der Waals surface area contributed by atoms with Crippen molar-refractivity contribution in [2.45, 2.75) is 12.8 Å². The van der Waals surface area contributed by atoms with Crippen LogP contribution in [-0.2, 0) is 4.74 Å². The molecule has 0 atom stereocenters. The minimum absolute atomic E-state index is 0.717. The first-order chi connectivity index (χ1) is 8.31. The second-order valence-electron chi connectivity index (χ2n) is 4.21. The molecule has 0 fully saturated rings. The predicted molar refractivity (Wildman–Crippen MR) is 73.1 cm³/mol. The average molecular weight is 229 g/mol. The first-order valence-corrected chi connectivity index (χ1v) is 6.04. The van der Waals surface area contributed by atoms with Crippen LogP contribution < -0.4 is 4.90 Å². The molecule has 0 saturated heterocycles. The third-order valence-corrected chi connectivity index (χ3v) is 3.10. The summed E-state index contributed by atoms with van der Waals surface area (Å²) in [6.07, 6.45) is 6.79. The molecule has 0 aliphatic carbocycles. The Kier molecular flexibility index (Phi) is 3.86. The van der Waals surface area contributed by atoms with Gasteiger partial charge in [0.2, 0.25) is 0 Å². The van der Waals surface area contributed by atoms with Gasteiger partial charge < -0.3 is 9.64 Å². The van der Waals surface area contributed by atoms with E-state index in [1.54, 1.807) is 7.11 Å². The number of anilines is 1. The summed E-state index contributed by atoms with van der Waals surface area (Å²) >= 11 is 0. The summed E-state index contributed by atoms with van der Waals surface area (Å²) in [7, 11) is 1.65. The quantitative estimate of drug-likeness (QED) is 0.581. The minimum Gasteiger partial charge on any atom is -0.497 e. The second-order valence-corrected chi connectivity index (χ2v) is 4.21. The molecule has 1 heterocycles. The van der Waals surface area contributed by atoms with Crippen molar-refractivity contribution in [1.29, 1.82) is 0 Å². The highest BCUT2D eigenvalue weighted by atomic mass is 16.5. The lowest BCUT2D eigenvalue weighted by molar-refractivity contribution is 0.371. The van der Waals surface area contributed by atoms with Crippen LogP contribution in [0.1, 0.15) is 18.4 Å². The molecular formula is C15H19NO. The van der Waals surface area contributed by atoms with Crippen LogP contribution in [-0.4, -0.2) is 20.2 Å². The molecule has 90 valence electrons. The van der Waals surface area contributed by atoms with Crippen molar-refractivity contribution in [2.75, 3.05) is 25.1 Å². The van der Waals surface area contributed by atoms with Crippen LogP contribution in [0.3, 0.4) is 0 Å². The molecule has 1 aliphatic rings. The number of benzene rings is 1. The maximum absolute atomic E-state index is 5.12. The van der Waals surface area contributed by atoms with Gasteiger partial charge in [0.25, 0.3) is 0 Å². The standard InChI is InChI=1S/C15H19NO/c1-13(17-2)14-7-9-15(10-8-14)16-11-5-3-4-6-12-16/h3-4,7-10H,1,5-6,11-12H2,2H3. The van der Waals surface area contributed by atoms with Gasteiger partial charge in [0.05, 0.1) is 7.11 Å². The normalized spacial score (nSPS) is 15.5. The van der Waals surface area contributed by atoms with Gasteiger partial charge in [-0.1, -0.05) is 18.7 Å². The van der Waals surface area contributed by atoms with Gasteiger partial charge in [0.1, 0.15) is 5.76 Å². The Morgan fingerprint density at radius 1 is 1.12 bits per heavy atom. The summed E-state index contributed by atoms with van der Waals surface area (Å²) in [4.78, 5) is 2.42. The number of hydrogen-bond donors (Lipinski definition) is 0. The Morgan fingerprint density at radius 3 is 2.24 bits per heavy atom. The third-order valence-electron chi connectivity index (χ3n) is 3.10. The van der Waals surface area contributed by atoms with E-state index in [2.05, 4.69) is 47.9 Å². The maximum atomic E-state index is 5.12. The van der Waals surface area contributed by atoms with Crippen molar-refractivity contribution in [2.24, 2.45) is 0 Å². The smallest absolute Gasteiger partial charge is 0.118 e. The summed E-state index contributed by atoms with van der Waals surface area (Å²) in [5.41, 5.74) is 2.32. The lowest BCUT2D eigenvalue weighted by Gasteiger charge is -2.22. The molecule has 1 aromatic carbocycles. The summed E-state index contributed by atoms with van der Waals surface area (Å²) in [5.74, 6) is 0.717. The minimum atomic E-state index is 0.717. The number of rotatable bonds is 3. The summed E-state index contributed by atoms with van der Waals surface area (Å²) in [6, 6.07) is 8.43. The summed E-state index contributed by atoms with van der Waals surface area (Å²) < 4.78 is 5.12. The van der Waals surface area contributed by atoms with Crippen LogP contribution in [0.2, 0.25) is 0 Å². The Labute approximate surface area is 103 Å². The molecule has 17 heavy (non-hydrogen) atoms. The van der Waals surface area contributed by atoms with E-state index in [4.69, 9.17) is 4.74 Å². The van der Waals surface area contributed by atoms with Crippen molar-refractivity contribution < 1.29 is 4.74 Å². The van der Waals surface area contributed by atoms with Crippen LogP contribution >= 0.6 is 0 Å². The Hall–Kier alpha value is -1.70. The van der Waals surface area contributed by atoms with E-state index in [0.717, 1.165) is 31.5 Å². The van der Waals surface area contributed by atoms with E-state index in [1.807, 2.05) is 0 Å². The van der Waals surface area contributed by atoms with E-state index in [-0.39, 0.29) is 0 Å². The van der Waals surface area contributed by atoms with Gasteiger partial charge in [-0.2, -0.15) is 0 Å². The third kappa shape index (κ3) is 2.90. The fourth-order valence-electron chi connectivity index (χ4n) is 2.04. The zero-order valence-corrected chi connectivity index (χ0v) is 10.4. The van der Waals surface area contributed by atoms with Crippen molar-refractivity contribution >= 4 is 11.4 Å². The molecule has 0 unspecified atom stereocenters. The molecule has 0 amide bonds. The van der Waals surface area contributed by atoms with Crippen molar-refractivity contribution in [3.8, 4) is 0 Å². The molecule has 2 rings (SSSR count). The molecule has 0 aromatic heterocycles. The molecule has 2 nitrogen and oxygen atoms in total. The van der Waals surface area contributed by atoms with E-state index in [1.165, 1.54) is 5.69 Å². The lowest BCUT2D eigenvalue weighted by Crippen LogP contribution is -2.23. The molecule has 0 radical (unpaired) electrons. The van der Waals surface area contributed by atoms with Crippen molar-refractivity contribution in [1.82, 2.24) is 0 Å². The van der Waals surface area contributed by atoms with Gasteiger partial charge in [-0.3, -0.25) is 0 Å². The molecule has 1 aliphatic heterocycles. The van der Waals surface area contributed by atoms with Crippen LogP contribution in [0.15, 0.2) is 43.0 Å². The van der Waals surface area contributed by atoms with E-state index in [9.17, 15) is 0 Å². The van der Waals surface area contributed by atoms with Gasteiger partial charge in [-0.05, 0) is 37.1 Å². The van der Waals surface area contributed by atoms with Crippen LogP contribution in [0, 0.1) is 0 Å². The number of methoxy groups -OCH3 is 1. The highest BCUT2D eigenvalue weighted by Gasteiger charge is 2.07. The zero-order valence-electron chi connectivity index (χ0n) is 10.4. The first-order valence-electron chi connectivity index (χ1n) is 6.04. The van der Waals surface area contributed by atoms with E-state index in [0.29, 0.717) is 5.76 Å². The zero-order chi connectivity index (χ0) is 12.1. The molecule has 0 saturated carbocycles. The molecule has 0 spiro atoms. The first kappa shape index (κ1) is 11.8. The van der Waals surface area contributed by atoms with Gasteiger partial charge in [-0.15, -0.1) is 0 Å². The van der Waals surface area contributed by atoms with Crippen LogP contribution in [0.4, 0.5) is 5.69 Å². The Bertz CT molecular complexity index is 395. The Morgan fingerprint density at radius 2 is 1.71 bits per heavy atom. The van der Waals surface area contributed by atoms with Crippen molar-refractivity contribution in [3.05, 3.63) is 48.6 Å². The van der Waals surface area contributed by atoms with Crippen LogP contribution in [0.25, 0.3) is 5.76 Å². The fraction of sp³-hybridized carbons (Fsp3) is 0.333. The molecule has 2 heteroatoms. The second kappa shape index (κ2) is 5.58. The number of ether oxygens (including phenoxy) is 1. The monoisotopic (exact) mass is 229 g/mol. The summed E-state index contributed by atoms with van der Waals surface area (Å²) in [6.45, 7) is 6.05. The molecule has 0 N–H and O–H groups in total. The SMILES string of the molecule is C=C(OC)c1ccc(N2CCC=CCC2)cc1. The molecular weight excluding hydrogens is 210 g/mol. The summed E-state index contributed by atoms with van der Waals surface area (Å²) in [5, 5.41) is 0. The average Bonchev–Trinajstić information content (AvgIpc) is 2.67. The maximum Gasteiger partial charge on any atom is 0.118 e. The van der Waals surface area contributed by atoms with Gasteiger partial charge in [0, 0.05) is 24.3 Å². The van der Waals surface area contributed by atoms with E-state index >= 15 is 0 Å². The van der Waals surface area contributed by atoms with Crippen LogP contribution in [0.5, 0.6) is 0 Å². The Balaban J connectivity index is 2.09.